The summed E-state index contributed by atoms with van der Waals surface area (Å²) in [6.07, 6.45) is 1.18. The van der Waals surface area contributed by atoms with E-state index in [0.717, 1.165) is 0 Å². The molecule has 1 aromatic rings. The molecule has 0 bridgehead atoms. The number of hydrogen-bond donors (Lipinski definition) is 1. The zero-order valence-corrected chi connectivity index (χ0v) is 14.0. The number of carbonyl (C=O) groups is 2. The molecule has 1 aromatic carbocycles. The van der Waals surface area contributed by atoms with E-state index in [2.05, 4.69) is 10.4 Å². The van der Waals surface area contributed by atoms with Crippen LogP contribution in [0.15, 0.2) is 29.4 Å². The minimum Gasteiger partial charge on any atom is -0.321 e. The molecule has 2 aliphatic rings. The van der Waals surface area contributed by atoms with E-state index in [1.54, 1.807) is 24.3 Å². The van der Waals surface area contributed by atoms with Crippen LogP contribution in [0.1, 0.15) is 19.3 Å². The predicted molar refractivity (Wildman–Crippen MR) is 90.3 cm³/mol. The zero-order chi connectivity index (χ0) is 17.3. The highest BCUT2D eigenvalue weighted by Gasteiger charge is 2.28. The molecule has 0 atom stereocenters. The highest BCUT2D eigenvalue weighted by Crippen LogP contribution is 2.25. The van der Waals surface area contributed by atoms with Crippen LogP contribution in [0.4, 0.5) is 11.4 Å². The molecule has 0 aliphatic carbocycles. The molecule has 2 heterocycles. The second-order valence-corrected chi connectivity index (χ2v) is 7.72. The Bertz CT molecular complexity index is 801. The van der Waals surface area contributed by atoms with Gasteiger partial charge in [0.2, 0.25) is 15.9 Å². The first-order chi connectivity index (χ1) is 11.4. The molecule has 0 aromatic heterocycles. The number of anilines is 2. The van der Waals surface area contributed by atoms with Gasteiger partial charge in [-0.15, -0.1) is 0 Å². The van der Waals surface area contributed by atoms with Crippen molar-refractivity contribution in [2.24, 2.45) is 5.10 Å². The van der Waals surface area contributed by atoms with Crippen molar-refractivity contribution in [3.8, 4) is 0 Å². The fraction of sp³-hybridized carbons (Fsp3) is 0.400. The Labute approximate surface area is 140 Å². The summed E-state index contributed by atoms with van der Waals surface area (Å²) in [6.45, 7) is 0.477. The van der Waals surface area contributed by atoms with Gasteiger partial charge in [-0.2, -0.15) is 5.10 Å². The van der Waals surface area contributed by atoms with Crippen LogP contribution in [0.5, 0.6) is 0 Å². The smallest absolute Gasteiger partial charge is 0.271 e. The van der Waals surface area contributed by atoms with Crippen LogP contribution in [-0.2, 0) is 19.6 Å². The number of carbonyl (C=O) groups excluding carboxylic acids is 2. The number of hydrogen-bond acceptors (Lipinski definition) is 5. The lowest BCUT2D eigenvalue weighted by molar-refractivity contribution is -0.130. The van der Waals surface area contributed by atoms with Crippen molar-refractivity contribution >= 4 is 38.9 Å². The van der Waals surface area contributed by atoms with Crippen molar-refractivity contribution in [2.75, 3.05) is 29.0 Å². The molecule has 3 rings (SSSR count). The van der Waals surface area contributed by atoms with Crippen molar-refractivity contribution < 1.29 is 18.0 Å². The van der Waals surface area contributed by atoms with E-state index >= 15 is 0 Å². The predicted octanol–water partition coefficient (Wildman–Crippen LogP) is 0.773. The van der Waals surface area contributed by atoms with E-state index in [9.17, 15) is 18.0 Å². The van der Waals surface area contributed by atoms with Gasteiger partial charge in [0.1, 0.15) is 5.71 Å². The summed E-state index contributed by atoms with van der Waals surface area (Å²) in [6, 6.07) is 6.63. The summed E-state index contributed by atoms with van der Waals surface area (Å²) in [7, 11) is -1.70. The Morgan fingerprint density at radius 1 is 1.21 bits per heavy atom. The quantitative estimate of drug-likeness (QED) is 0.870. The van der Waals surface area contributed by atoms with Crippen molar-refractivity contribution in [3.63, 3.8) is 0 Å². The lowest BCUT2D eigenvalue weighted by atomic mass is 10.1. The van der Waals surface area contributed by atoms with Crippen molar-refractivity contribution in [2.45, 2.75) is 19.3 Å². The first kappa shape index (κ1) is 16.4. The van der Waals surface area contributed by atoms with Crippen LogP contribution in [0.25, 0.3) is 0 Å². The Kier molecular flexibility index (Phi) is 4.27. The van der Waals surface area contributed by atoms with Gasteiger partial charge in [-0.3, -0.25) is 13.9 Å². The largest absolute Gasteiger partial charge is 0.321 e. The third-order valence-corrected chi connectivity index (χ3v) is 5.85. The number of sulfonamides is 1. The third kappa shape index (κ3) is 3.25. The van der Waals surface area contributed by atoms with Crippen molar-refractivity contribution in [3.05, 3.63) is 24.3 Å². The first-order valence-electron chi connectivity index (χ1n) is 7.63. The molecule has 0 radical (unpaired) electrons. The number of nitrogens with one attached hydrogen (secondary N) is 1. The number of benzene rings is 1. The standard InChI is InChI=1S/C15H18N4O4S/c1-18-14(20)8-7-13(17-18)15(21)16-11-3-5-12(6-4-11)19-9-2-10-24(19,22)23/h3-6H,2,7-10H2,1H3,(H,16,21). The minimum absolute atomic E-state index is 0.122. The maximum Gasteiger partial charge on any atom is 0.271 e. The van der Waals surface area contributed by atoms with Crippen LogP contribution in [0.2, 0.25) is 0 Å². The van der Waals surface area contributed by atoms with Gasteiger partial charge in [0.05, 0.1) is 11.4 Å². The molecular formula is C15H18N4O4S. The van der Waals surface area contributed by atoms with Gasteiger partial charge in [0.15, 0.2) is 0 Å². The molecule has 0 spiro atoms. The maximum absolute atomic E-state index is 12.2. The third-order valence-electron chi connectivity index (χ3n) is 3.98. The van der Waals surface area contributed by atoms with E-state index in [4.69, 9.17) is 0 Å². The van der Waals surface area contributed by atoms with Crippen molar-refractivity contribution in [1.29, 1.82) is 0 Å². The second-order valence-electron chi connectivity index (χ2n) is 5.71. The zero-order valence-electron chi connectivity index (χ0n) is 13.2. The SMILES string of the molecule is CN1N=C(C(=O)Nc2ccc(N3CCCS3(=O)=O)cc2)CCC1=O. The topological polar surface area (TPSA) is 99.2 Å². The molecule has 0 saturated carbocycles. The van der Waals surface area contributed by atoms with Crippen LogP contribution < -0.4 is 9.62 Å². The van der Waals surface area contributed by atoms with Gasteiger partial charge >= 0.3 is 0 Å². The number of amides is 2. The lowest BCUT2D eigenvalue weighted by Crippen LogP contribution is -2.34. The summed E-state index contributed by atoms with van der Waals surface area (Å²) in [5.74, 6) is -0.323. The number of rotatable bonds is 3. The van der Waals surface area contributed by atoms with Crippen LogP contribution in [0.3, 0.4) is 0 Å². The Hall–Kier alpha value is -2.42. The summed E-state index contributed by atoms with van der Waals surface area (Å²) in [5.41, 5.74) is 1.43. The Morgan fingerprint density at radius 2 is 1.92 bits per heavy atom. The number of nitrogens with zero attached hydrogens (tertiary/aromatic N) is 3. The molecule has 0 unspecified atom stereocenters. The molecule has 128 valence electrons. The Morgan fingerprint density at radius 3 is 2.50 bits per heavy atom. The molecule has 1 fully saturated rings. The molecule has 9 heteroatoms. The van der Waals surface area contributed by atoms with Crippen molar-refractivity contribution in [1.82, 2.24) is 5.01 Å². The molecule has 8 nitrogen and oxygen atoms in total. The fourth-order valence-corrected chi connectivity index (χ4v) is 4.24. The molecule has 2 amide bonds. The highest BCUT2D eigenvalue weighted by atomic mass is 32.2. The summed E-state index contributed by atoms with van der Waals surface area (Å²) < 4.78 is 25.2. The average molecular weight is 350 g/mol. The number of hydrazone groups is 1. The molecule has 2 aliphatic heterocycles. The van der Waals surface area contributed by atoms with Crippen LogP contribution >= 0.6 is 0 Å². The van der Waals surface area contributed by atoms with E-state index in [-0.39, 0.29) is 24.0 Å². The second kappa shape index (κ2) is 6.23. The van der Waals surface area contributed by atoms with E-state index in [1.807, 2.05) is 0 Å². The lowest BCUT2D eigenvalue weighted by Gasteiger charge is -2.19. The molecule has 24 heavy (non-hydrogen) atoms. The molecule has 1 N–H and O–H groups in total. The van der Waals surface area contributed by atoms with Gasteiger partial charge < -0.3 is 5.32 Å². The molecular weight excluding hydrogens is 332 g/mol. The maximum atomic E-state index is 12.2. The van der Waals surface area contributed by atoms with Crippen LogP contribution in [0, 0.1) is 0 Å². The fourth-order valence-electron chi connectivity index (χ4n) is 2.68. The van der Waals surface area contributed by atoms with E-state index in [0.29, 0.717) is 36.5 Å². The van der Waals surface area contributed by atoms with Gasteiger partial charge in [-0.1, -0.05) is 0 Å². The van der Waals surface area contributed by atoms with E-state index < -0.39 is 10.0 Å². The van der Waals surface area contributed by atoms with E-state index in [1.165, 1.54) is 16.4 Å². The Balaban J connectivity index is 1.70. The average Bonchev–Trinajstić information content (AvgIpc) is 2.90. The summed E-state index contributed by atoms with van der Waals surface area (Å²) in [5, 5.41) is 7.84. The molecule has 1 saturated heterocycles. The van der Waals surface area contributed by atoms with Gasteiger partial charge in [0.25, 0.3) is 5.91 Å². The first-order valence-corrected chi connectivity index (χ1v) is 9.23. The highest BCUT2D eigenvalue weighted by molar-refractivity contribution is 7.93. The van der Waals surface area contributed by atoms with Gasteiger partial charge in [-0.25, -0.2) is 13.4 Å². The summed E-state index contributed by atoms with van der Waals surface area (Å²) in [4.78, 5) is 23.5. The normalized spacial score (nSPS) is 20.0. The monoisotopic (exact) mass is 350 g/mol. The summed E-state index contributed by atoms with van der Waals surface area (Å²) >= 11 is 0. The van der Waals surface area contributed by atoms with Gasteiger partial charge in [0, 0.05) is 32.1 Å². The minimum atomic E-state index is -3.22. The van der Waals surface area contributed by atoms with Gasteiger partial charge in [-0.05, 0) is 30.7 Å². The van der Waals surface area contributed by atoms with Crippen LogP contribution in [-0.4, -0.2) is 50.3 Å².